The van der Waals surface area contributed by atoms with E-state index in [2.05, 4.69) is 20.8 Å². The topological polar surface area (TPSA) is 99.2 Å². The number of ether oxygens (including phenoxy) is 2. The van der Waals surface area contributed by atoms with Gasteiger partial charge in [0.25, 0.3) is 8.32 Å². The fraction of sp³-hybridized carbons (Fsp3) is 0.370. The van der Waals surface area contributed by atoms with Crippen molar-refractivity contribution < 1.29 is 31.9 Å². The second-order valence-electron chi connectivity index (χ2n) is 10.4. The van der Waals surface area contributed by atoms with Crippen molar-refractivity contribution in [2.45, 2.75) is 43.5 Å². The zero-order chi connectivity index (χ0) is 28.6. The van der Waals surface area contributed by atoms with Crippen LogP contribution in [0.5, 0.6) is 0 Å². The van der Waals surface area contributed by atoms with Crippen LogP contribution in [-0.4, -0.2) is 68.5 Å². The van der Waals surface area contributed by atoms with Gasteiger partial charge in [-0.05, 0) is 27.6 Å². The number of thiocarbonyl (C=S) groups is 1. The second kappa shape index (κ2) is 11.1. The molecule has 1 saturated heterocycles. The summed E-state index contributed by atoms with van der Waals surface area (Å²) >= 11 is 11.6. The summed E-state index contributed by atoms with van der Waals surface area (Å²) in [4.78, 5) is 25.2. The number of rotatable bonds is 8. The molecule has 0 aromatic heterocycles. The first-order valence-electron chi connectivity index (χ1n) is 12.3. The first-order valence-corrected chi connectivity index (χ1v) is 16.7. The minimum atomic E-state index is -3.82. The lowest BCUT2D eigenvalue weighted by atomic mass is 10.1. The predicted octanol–water partition coefficient (Wildman–Crippen LogP) is 2.89. The molecule has 12 heteroatoms. The minimum Gasteiger partial charge on any atom is -0.461 e. The molecule has 2 heterocycles. The quantitative estimate of drug-likeness (QED) is 0.113. The third-order valence-corrected chi connectivity index (χ3v) is 14.6. The highest BCUT2D eigenvalue weighted by Crippen LogP contribution is 2.40. The lowest BCUT2D eigenvalue weighted by molar-refractivity contribution is -0.140. The molecule has 0 bridgehead atoms. The third kappa shape index (κ3) is 5.42. The molecule has 4 rings (SSSR count). The van der Waals surface area contributed by atoms with E-state index in [4.69, 9.17) is 37.7 Å². The zero-order valence-electron chi connectivity index (χ0n) is 22.0. The maximum absolute atomic E-state index is 12.8. The van der Waals surface area contributed by atoms with Crippen molar-refractivity contribution in [3.05, 3.63) is 71.9 Å². The highest BCUT2D eigenvalue weighted by Gasteiger charge is 2.59. The Morgan fingerprint density at radius 1 is 1.05 bits per heavy atom. The van der Waals surface area contributed by atoms with E-state index in [-0.39, 0.29) is 34.8 Å². The van der Waals surface area contributed by atoms with E-state index in [9.17, 15) is 18.0 Å². The minimum absolute atomic E-state index is 0.0824. The van der Waals surface area contributed by atoms with Crippen LogP contribution in [0.15, 0.2) is 71.9 Å². The first-order chi connectivity index (χ1) is 18.3. The van der Waals surface area contributed by atoms with Crippen LogP contribution in [0.3, 0.4) is 0 Å². The van der Waals surface area contributed by atoms with Gasteiger partial charge >= 0.3 is 5.97 Å². The van der Waals surface area contributed by atoms with E-state index in [0.717, 1.165) is 15.3 Å². The van der Waals surface area contributed by atoms with E-state index in [0.29, 0.717) is 0 Å². The van der Waals surface area contributed by atoms with E-state index in [1.54, 1.807) is 0 Å². The van der Waals surface area contributed by atoms with Crippen LogP contribution in [0.2, 0.25) is 5.04 Å². The molecular formula is C27H30ClNO7S2Si. The maximum atomic E-state index is 12.8. The number of halogens is 1. The van der Waals surface area contributed by atoms with Gasteiger partial charge in [-0.3, -0.25) is 14.5 Å². The number of sulfone groups is 1. The standard InChI is InChI=1S/C27H30ClNO7S2Si/c1-18(30)34-15-19-16-38(32,33)25-22(28)24(31)29(25)23(19)26(37)35-17-36-39(27(2,3)4,20-11-7-5-8-12-20)21-13-9-6-10-14-21/h5-14,22,25H,15-17H2,1-4H3/t22-,25?/m0/s1. The van der Waals surface area contributed by atoms with Crippen LogP contribution in [0, 0.1) is 0 Å². The Morgan fingerprint density at radius 3 is 2.08 bits per heavy atom. The second-order valence-corrected chi connectivity index (χ2v) is 17.6. The van der Waals surface area contributed by atoms with Crippen LogP contribution < -0.4 is 10.4 Å². The van der Waals surface area contributed by atoms with Crippen molar-refractivity contribution >= 4 is 69.3 Å². The maximum Gasteiger partial charge on any atom is 0.302 e. The molecule has 8 nitrogen and oxygen atoms in total. The third-order valence-electron chi connectivity index (χ3n) is 6.82. The summed E-state index contributed by atoms with van der Waals surface area (Å²) in [5.74, 6) is -1.68. The van der Waals surface area contributed by atoms with Gasteiger partial charge in [-0.15, -0.1) is 11.6 Å². The van der Waals surface area contributed by atoms with Crippen LogP contribution in [-0.2, 0) is 33.3 Å². The van der Waals surface area contributed by atoms with Crippen molar-refractivity contribution in [1.29, 1.82) is 0 Å². The van der Waals surface area contributed by atoms with Gasteiger partial charge in [0, 0.05) is 12.5 Å². The van der Waals surface area contributed by atoms with Crippen molar-refractivity contribution in [2.75, 3.05) is 19.2 Å². The van der Waals surface area contributed by atoms with E-state index >= 15 is 0 Å². The Balaban J connectivity index is 1.68. The molecule has 2 aromatic rings. The number of hydrogen-bond acceptors (Lipinski definition) is 8. The Hall–Kier alpha value is -2.57. The Bertz CT molecular complexity index is 1370. The molecule has 0 aliphatic carbocycles. The number of alkyl halides is 1. The summed E-state index contributed by atoms with van der Waals surface area (Å²) in [5.41, 5.74) is 0.229. The highest BCUT2D eigenvalue weighted by molar-refractivity contribution is 7.92. The Labute approximate surface area is 239 Å². The first kappa shape index (κ1) is 29.4. The number of carbonyl (C=O) groups is 2. The smallest absolute Gasteiger partial charge is 0.302 e. The molecule has 0 radical (unpaired) electrons. The molecule has 1 amide bonds. The van der Waals surface area contributed by atoms with Crippen LogP contribution in [0.4, 0.5) is 0 Å². The molecule has 2 aliphatic heterocycles. The van der Waals surface area contributed by atoms with Gasteiger partial charge in [0.05, 0.1) is 5.75 Å². The number of esters is 1. The van der Waals surface area contributed by atoms with Crippen LogP contribution >= 0.6 is 23.8 Å². The number of amides is 1. The van der Waals surface area contributed by atoms with Crippen molar-refractivity contribution in [3.8, 4) is 0 Å². The van der Waals surface area contributed by atoms with Gasteiger partial charge in [-0.2, -0.15) is 0 Å². The summed E-state index contributed by atoms with van der Waals surface area (Å²) in [6, 6.07) is 19.9. The normalized spacial score (nSPS) is 20.6. The molecule has 0 spiro atoms. The van der Waals surface area contributed by atoms with Crippen molar-refractivity contribution in [1.82, 2.24) is 4.90 Å². The molecule has 2 aromatic carbocycles. The lowest BCUT2D eigenvalue weighted by Gasteiger charge is -2.47. The van der Waals surface area contributed by atoms with Gasteiger partial charge < -0.3 is 13.9 Å². The van der Waals surface area contributed by atoms with E-state index in [1.807, 2.05) is 60.7 Å². The fourth-order valence-corrected chi connectivity index (χ4v) is 12.4. The van der Waals surface area contributed by atoms with Gasteiger partial charge in [-0.1, -0.05) is 81.4 Å². The number of nitrogens with zero attached hydrogens (tertiary/aromatic N) is 1. The fourth-order valence-electron chi connectivity index (χ4n) is 5.12. The average Bonchev–Trinajstić information content (AvgIpc) is 2.88. The SMILES string of the molecule is CC(=O)OCC1=C(C(=S)OCO[Si](c2ccccc2)(c2ccccc2)C(C)(C)C)N2C(=O)[C@H](Cl)C2S(=O)(=O)C1. The van der Waals surface area contributed by atoms with Crippen LogP contribution in [0.1, 0.15) is 27.7 Å². The van der Waals surface area contributed by atoms with Crippen LogP contribution in [0.25, 0.3) is 0 Å². The largest absolute Gasteiger partial charge is 0.461 e. The predicted molar refractivity (Wildman–Crippen MR) is 155 cm³/mol. The molecule has 2 atom stereocenters. The number of benzene rings is 2. The zero-order valence-corrected chi connectivity index (χ0v) is 25.4. The molecule has 0 saturated carbocycles. The van der Waals surface area contributed by atoms with Gasteiger partial charge in [0.15, 0.2) is 22.0 Å². The molecule has 208 valence electrons. The van der Waals surface area contributed by atoms with Gasteiger partial charge in [-0.25, -0.2) is 8.42 Å². The number of hydrogen-bond donors (Lipinski definition) is 0. The Morgan fingerprint density at radius 2 is 1.59 bits per heavy atom. The molecule has 0 N–H and O–H groups in total. The molecule has 2 aliphatic rings. The molecule has 1 fully saturated rings. The molecular weight excluding hydrogens is 578 g/mol. The summed E-state index contributed by atoms with van der Waals surface area (Å²) < 4.78 is 43.4. The summed E-state index contributed by atoms with van der Waals surface area (Å²) in [6.45, 7) is 6.96. The lowest BCUT2D eigenvalue weighted by Crippen LogP contribution is -2.68. The summed E-state index contributed by atoms with van der Waals surface area (Å²) in [7, 11) is -6.76. The van der Waals surface area contributed by atoms with E-state index < -0.39 is 46.5 Å². The highest BCUT2D eigenvalue weighted by atomic mass is 35.5. The van der Waals surface area contributed by atoms with Gasteiger partial charge in [0.2, 0.25) is 11.0 Å². The average molecular weight is 608 g/mol. The summed E-state index contributed by atoms with van der Waals surface area (Å²) in [6.07, 6.45) is 0. The van der Waals surface area contributed by atoms with Crippen molar-refractivity contribution in [3.63, 3.8) is 0 Å². The number of carbonyl (C=O) groups excluding carboxylic acids is 2. The van der Waals surface area contributed by atoms with Gasteiger partial charge in [0.1, 0.15) is 17.7 Å². The molecule has 1 unspecified atom stereocenters. The van der Waals surface area contributed by atoms with Crippen molar-refractivity contribution in [2.24, 2.45) is 0 Å². The molecule has 39 heavy (non-hydrogen) atoms. The Kier molecular flexibility index (Phi) is 8.39. The number of fused-ring (bicyclic) bond motifs is 1. The van der Waals surface area contributed by atoms with E-state index in [1.165, 1.54) is 6.92 Å². The summed E-state index contributed by atoms with van der Waals surface area (Å²) in [5, 5.41) is -0.853. The monoisotopic (exact) mass is 607 g/mol. The number of β-lactam (4-membered cyclic amide) rings is 1.